The quantitative estimate of drug-likeness (QED) is 0.0952. The molecule has 4 rings (SSSR count). The second-order valence-corrected chi connectivity index (χ2v) is 18.4. The molecule has 0 aliphatic carbocycles. The highest BCUT2D eigenvalue weighted by Gasteiger charge is 2.14. The third kappa shape index (κ3) is 23.6. The van der Waals surface area contributed by atoms with Crippen molar-refractivity contribution in [2.75, 3.05) is 69.4 Å². The number of thiophene rings is 4. The fourth-order valence-corrected chi connectivity index (χ4v) is 9.14. The Kier molecular flexibility index (Phi) is 31.7. The van der Waals surface area contributed by atoms with E-state index in [4.69, 9.17) is 13.0 Å². The molecule has 4 aromatic heterocycles. The fourth-order valence-electron chi connectivity index (χ4n) is 4.56. The fraction of sp³-hybridized carbons (Fsp3) is 0.524. The molecule has 0 saturated heterocycles. The van der Waals surface area contributed by atoms with Crippen molar-refractivity contribution >= 4 is 84.9 Å². The van der Waals surface area contributed by atoms with E-state index in [1.54, 1.807) is 6.07 Å². The third-order valence-electron chi connectivity index (χ3n) is 7.25. The Morgan fingerprint density at radius 2 is 0.900 bits per heavy atom. The maximum absolute atomic E-state index is 11.5. The van der Waals surface area contributed by atoms with Crippen LogP contribution < -0.4 is 11.1 Å². The Morgan fingerprint density at radius 3 is 1.17 bits per heavy atom. The number of carboxylic acids is 1. The summed E-state index contributed by atoms with van der Waals surface area (Å²) in [4.78, 5) is 58.0. The minimum absolute atomic E-state index is 0.0874. The SMILES string of the molecule is CCC.CCc1sc(C(=O)OC)cc1C.COC(=O)c1cc(C)c(CN(C)C)s1.Cc1cc(C(=O)O)sc1CN(C)C.[B]CN.[B]CNC(=O)c1cc(C)c(CN(C)C)s1. The van der Waals surface area contributed by atoms with Crippen molar-refractivity contribution in [2.24, 2.45) is 5.73 Å². The van der Waals surface area contributed by atoms with E-state index in [0.29, 0.717) is 14.6 Å². The number of methoxy groups -OCH3 is 2. The van der Waals surface area contributed by atoms with Gasteiger partial charge in [-0.25, -0.2) is 14.4 Å². The van der Waals surface area contributed by atoms with Gasteiger partial charge in [0.2, 0.25) is 0 Å². The van der Waals surface area contributed by atoms with Crippen LogP contribution in [0, 0.1) is 27.7 Å². The lowest BCUT2D eigenvalue weighted by Gasteiger charge is -2.07. The summed E-state index contributed by atoms with van der Waals surface area (Å²) in [5.74, 6) is -1.40. The van der Waals surface area contributed by atoms with Crippen LogP contribution in [0.15, 0.2) is 24.3 Å². The summed E-state index contributed by atoms with van der Waals surface area (Å²) in [6, 6.07) is 7.41. The lowest BCUT2D eigenvalue weighted by atomic mass is 10.1. The molecule has 0 atom stereocenters. The first-order valence-corrected chi connectivity index (χ1v) is 22.5. The second kappa shape index (κ2) is 32.4. The van der Waals surface area contributed by atoms with Gasteiger partial charge in [0.1, 0.15) is 14.6 Å². The van der Waals surface area contributed by atoms with Crippen molar-refractivity contribution in [3.05, 3.63) is 85.5 Å². The number of nitrogens with two attached hydrogens (primary N) is 1. The molecule has 0 aliphatic rings. The zero-order valence-electron chi connectivity index (χ0n) is 38.4. The molecule has 4 radical (unpaired) electrons. The topological polar surface area (TPSA) is 155 Å². The molecule has 0 bridgehead atoms. The number of hydrogen-bond acceptors (Lipinski definition) is 14. The molecule has 0 aliphatic heterocycles. The van der Waals surface area contributed by atoms with Crippen molar-refractivity contribution in [1.82, 2.24) is 20.0 Å². The molecule has 4 N–H and O–H groups in total. The van der Waals surface area contributed by atoms with Crippen LogP contribution in [-0.4, -0.2) is 129 Å². The largest absolute Gasteiger partial charge is 0.477 e. The third-order valence-corrected chi connectivity index (χ3v) is 12.2. The van der Waals surface area contributed by atoms with Crippen molar-refractivity contribution in [3.63, 3.8) is 0 Å². The van der Waals surface area contributed by atoms with Crippen LogP contribution in [0.5, 0.6) is 0 Å². The highest BCUT2D eigenvalue weighted by Crippen LogP contribution is 2.25. The van der Waals surface area contributed by atoms with Crippen molar-refractivity contribution < 1.29 is 33.8 Å². The number of rotatable bonds is 12. The van der Waals surface area contributed by atoms with Crippen LogP contribution in [0.3, 0.4) is 0 Å². The number of carbonyl (C=O) groups excluding carboxylic acids is 3. The van der Waals surface area contributed by atoms with Crippen LogP contribution in [-0.2, 0) is 35.5 Å². The number of nitrogens with zero attached hydrogens (tertiary/aromatic N) is 3. The first-order valence-electron chi connectivity index (χ1n) is 19.2. The predicted molar refractivity (Wildman–Crippen MR) is 256 cm³/mol. The lowest BCUT2D eigenvalue weighted by Crippen LogP contribution is -2.23. The van der Waals surface area contributed by atoms with E-state index in [2.05, 4.69) is 58.9 Å². The molecular formula is C42H67B2N5O7S4. The van der Waals surface area contributed by atoms with Crippen LogP contribution >= 0.6 is 45.3 Å². The normalized spacial score (nSPS) is 10.1. The highest BCUT2D eigenvalue weighted by atomic mass is 32.1. The molecule has 0 unspecified atom stereocenters. The van der Waals surface area contributed by atoms with Crippen molar-refractivity contribution in [1.29, 1.82) is 0 Å². The van der Waals surface area contributed by atoms with Crippen LogP contribution in [0.4, 0.5) is 0 Å². The molecule has 0 aromatic carbocycles. The number of ether oxygens (including phenoxy) is 2. The Morgan fingerprint density at radius 1 is 0.617 bits per heavy atom. The zero-order chi connectivity index (χ0) is 46.7. The zero-order valence-corrected chi connectivity index (χ0v) is 41.6. The number of hydrogen-bond donors (Lipinski definition) is 3. The molecule has 1 amide bonds. The van der Waals surface area contributed by atoms with E-state index in [-0.39, 0.29) is 30.7 Å². The average Bonchev–Trinajstić information content (AvgIpc) is 3.94. The smallest absolute Gasteiger partial charge is 0.348 e. The number of aromatic carboxylic acids is 1. The van der Waals surface area contributed by atoms with Gasteiger partial charge in [0, 0.05) is 39.1 Å². The summed E-state index contributed by atoms with van der Waals surface area (Å²) in [7, 11) is 24.7. The number of aryl methyl sites for hydroxylation is 5. The number of carboxylic acid groups (broad SMARTS) is 1. The van der Waals surface area contributed by atoms with E-state index in [1.807, 2.05) is 93.1 Å². The summed E-state index contributed by atoms with van der Waals surface area (Å²) in [5.41, 5.74) is 9.19. The molecule has 0 saturated carbocycles. The standard InChI is InChI=1S/C10H15BN2OS.C10H15NO2S.C9H13NO2S.C9H12O2S.C3H8.CH4BN/c1-7-4-8(10(14)12-6-11)15-9(7)5-13(2)3;1-7-5-8(10(12)13-4)14-9(7)6-11(2)3;1-6-4-7(9(11)12)13-8(6)5-10(2)3;1-4-7-6(2)5-8(12-7)9(10)11-3;1-3-2;2-1-3/h4H,5-6H2,1-3H3,(H,12,14);5H,6H2,1-4H3;4H,5H2,1-3H3,(H,11,12);5H,4H2,1-3H3;3H2,1-2H3;1,3H2. The molecule has 4 aromatic rings. The maximum atomic E-state index is 11.5. The van der Waals surface area contributed by atoms with Gasteiger partial charge in [-0.2, -0.15) is 0 Å². The van der Waals surface area contributed by atoms with Gasteiger partial charge in [-0.3, -0.25) is 4.79 Å². The van der Waals surface area contributed by atoms with Gasteiger partial charge in [-0.15, -0.1) is 45.3 Å². The van der Waals surface area contributed by atoms with Gasteiger partial charge in [0.05, 0.1) is 34.8 Å². The Balaban J connectivity index is 0. The van der Waals surface area contributed by atoms with Crippen LogP contribution in [0.1, 0.15) is 108 Å². The van der Waals surface area contributed by atoms with Gasteiger partial charge in [-0.05, 0) is 136 Å². The Bertz CT molecular complexity index is 1850. The molecule has 332 valence electrons. The van der Waals surface area contributed by atoms with Gasteiger partial charge in [0.25, 0.3) is 5.91 Å². The molecule has 60 heavy (non-hydrogen) atoms. The van der Waals surface area contributed by atoms with Gasteiger partial charge < -0.3 is 40.3 Å². The summed E-state index contributed by atoms with van der Waals surface area (Å²) in [6.07, 6.45) is 2.66. The van der Waals surface area contributed by atoms with Crippen LogP contribution in [0.2, 0.25) is 0 Å². The minimum Gasteiger partial charge on any atom is -0.477 e. The summed E-state index contributed by atoms with van der Waals surface area (Å²) in [6.45, 7) is 16.9. The van der Waals surface area contributed by atoms with E-state index < -0.39 is 5.97 Å². The first kappa shape index (κ1) is 58.7. The van der Waals surface area contributed by atoms with E-state index in [0.717, 1.165) is 52.5 Å². The molecule has 0 spiro atoms. The van der Waals surface area contributed by atoms with Gasteiger partial charge in [0.15, 0.2) is 0 Å². The number of nitrogens with one attached hydrogen (secondary N) is 1. The molecule has 4 heterocycles. The van der Waals surface area contributed by atoms with E-state index >= 15 is 0 Å². The summed E-state index contributed by atoms with van der Waals surface area (Å²) < 4.78 is 9.29. The van der Waals surface area contributed by atoms with E-state index in [9.17, 15) is 19.2 Å². The number of amides is 1. The second-order valence-electron chi connectivity index (χ2n) is 13.9. The molecule has 0 fully saturated rings. The molecular weight excluding hydrogens is 836 g/mol. The van der Waals surface area contributed by atoms with Crippen LogP contribution in [0.25, 0.3) is 0 Å². The highest BCUT2D eigenvalue weighted by molar-refractivity contribution is 7.15. The summed E-state index contributed by atoms with van der Waals surface area (Å²) in [5, 5.41) is 11.3. The average molecular weight is 904 g/mol. The first-order chi connectivity index (χ1) is 28.1. The number of esters is 2. The van der Waals surface area contributed by atoms with E-state index in [1.165, 1.54) is 86.2 Å². The molecule has 12 nitrogen and oxygen atoms in total. The monoisotopic (exact) mass is 903 g/mol. The van der Waals surface area contributed by atoms with Gasteiger partial charge >= 0.3 is 17.9 Å². The van der Waals surface area contributed by atoms with Crippen molar-refractivity contribution in [2.45, 2.75) is 80.9 Å². The Labute approximate surface area is 378 Å². The number of carbonyl (C=O) groups is 4. The lowest BCUT2D eigenvalue weighted by molar-refractivity contribution is 0.0597. The van der Waals surface area contributed by atoms with Crippen molar-refractivity contribution in [3.8, 4) is 0 Å². The summed E-state index contributed by atoms with van der Waals surface area (Å²) >= 11 is 5.90. The Hall–Kier alpha value is -3.35. The van der Waals surface area contributed by atoms with Gasteiger partial charge in [-0.1, -0.05) is 27.2 Å². The maximum Gasteiger partial charge on any atom is 0.348 e. The minimum atomic E-state index is -0.835. The molecule has 18 heteroatoms. The predicted octanol–water partition coefficient (Wildman–Crippen LogP) is 7.59.